The Bertz CT molecular complexity index is 777. The number of rotatable bonds is 6. The molecule has 1 aliphatic heterocycles. The van der Waals surface area contributed by atoms with Gasteiger partial charge in [-0.1, -0.05) is 29.9 Å². The van der Waals surface area contributed by atoms with E-state index in [4.69, 9.17) is 9.47 Å². The molecule has 2 aromatic carbocycles. The van der Waals surface area contributed by atoms with Crippen LogP contribution >= 0.6 is 11.3 Å². The van der Waals surface area contributed by atoms with Gasteiger partial charge in [-0.15, -0.1) is 0 Å². The van der Waals surface area contributed by atoms with E-state index in [1.165, 1.54) is 19.3 Å². The van der Waals surface area contributed by atoms with E-state index in [0.29, 0.717) is 11.8 Å². The normalized spacial score (nSPS) is 15.4. The molecule has 0 amide bonds. The van der Waals surface area contributed by atoms with Gasteiger partial charge in [0, 0.05) is 13.1 Å². The first kappa shape index (κ1) is 16.4. The molecule has 5 heteroatoms. The Morgan fingerprint density at radius 1 is 1.00 bits per heavy atom. The van der Waals surface area contributed by atoms with Gasteiger partial charge in [-0.25, -0.2) is 4.98 Å². The third-order valence-electron chi connectivity index (χ3n) is 4.24. The second kappa shape index (κ2) is 7.85. The maximum Gasteiger partial charge on any atom is 0.279 e. The van der Waals surface area contributed by atoms with Crippen molar-refractivity contribution >= 4 is 21.6 Å². The van der Waals surface area contributed by atoms with Crippen LogP contribution in [0.25, 0.3) is 10.2 Å². The van der Waals surface area contributed by atoms with E-state index in [2.05, 4.69) is 22.5 Å². The quantitative estimate of drug-likeness (QED) is 0.616. The van der Waals surface area contributed by atoms with E-state index < -0.39 is 0 Å². The van der Waals surface area contributed by atoms with Crippen LogP contribution in [0, 0.1) is 6.54 Å². The lowest BCUT2D eigenvalue weighted by atomic mass is 10.1. The van der Waals surface area contributed by atoms with Gasteiger partial charge in [0.25, 0.3) is 5.19 Å². The highest BCUT2D eigenvalue weighted by Gasteiger charge is 2.10. The molecule has 3 aromatic rings. The molecular weight excluding hydrogens is 332 g/mol. The lowest BCUT2D eigenvalue weighted by molar-refractivity contribution is 0.216. The van der Waals surface area contributed by atoms with Gasteiger partial charge in [-0.2, -0.15) is 0 Å². The molecule has 0 unspecified atom stereocenters. The van der Waals surface area contributed by atoms with E-state index >= 15 is 0 Å². The molecule has 0 bridgehead atoms. The first-order valence-corrected chi connectivity index (χ1v) is 9.52. The molecule has 2 heterocycles. The minimum atomic E-state index is 0.663. The molecule has 4 rings (SSSR count). The minimum Gasteiger partial charge on any atom is -0.492 e. The van der Waals surface area contributed by atoms with Gasteiger partial charge in [0.2, 0.25) is 0 Å². The van der Waals surface area contributed by atoms with Crippen LogP contribution in [0.3, 0.4) is 0 Å². The largest absolute Gasteiger partial charge is 0.492 e. The summed E-state index contributed by atoms with van der Waals surface area (Å²) in [6.45, 7) is 5.10. The average molecular weight is 353 g/mol. The standard InChI is InChI=1S/C20H21N2O2S/c1-4-12-22(13-5-1)14-15-23-16-8-10-17(11-9-16)24-20-21-18-6-2-3-7-19(18)25-20/h2-3,6-12H,1,4-5,13-15H2. The second-order valence-corrected chi connectivity index (χ2v) is 7.08. The van der Waals surface area contributed by atoms with Crippen LogP contribution in [0.5, 0.6) is 16.7 Å². The number of hydrogen-bond donors (Lipinski definition) is 0. The Morgan fingerprint density at radius 2 is 1.84 bits per heavy atom. The van der Waals surface area contributed by atoms with Gasteiger partial charge in [0.1, 0.15) is 18.1 Å². The molecule has 1 fully saturated rings. The first-order chi connectivity index (χ1) is 12.4. The summed E-state index contributed by atoms with van der Waals surface area (Å²) in [6.07, 6.45) is 3.79. The van der Waals surface area contributed by atoms with Crippen LogP contribution in [0.1, 0.15) is 19.3 Å². The average Bonchev–Trinajstić information content (AvgIpc) is 3.06. The number of fused-ring (bicyclic) bond motifs is 1. The lowest BCUT2D eigenvalue weighted by Crippen LogP contribution is -2.29. The summed E-state index contributed by atoms with van der Waals surface area (Å²) in [5.41, 5.74) is 0.969. The van der Waals surface area contributed by atoms with Crippen molar-refractivity contribution in [2.75, 3.05) is 19.7 Å². The van der Waals surface area contributed by atoms with Crippen molar-refractivity contribution < 1.29 is 9.47 Å². The minimum absolute atomic E-state index is 0.663. The molecular formula is C20H21N2O2S. The SMILES string of the molecule is [CH]1CCCCN1CCOc1ccc(Oc2nc3ccccc3s2)cc1. The van der Waals surface area contributed by atoms with E-state index in [1.54, 1.807) is 11.3 Å². The second-order valence-electron chi connectivity index (χ2n) is 6.08. The maximum absolute atomic E-state index is 5.86. The predicted molar refractivity (Wildman–Crippen MR) is 101 cm³/mol. The van der Waals surface area contributed by atoms with Crippen molar-refractivity contribution in [3.63, 3.8) is 0 Å². The van der Waals surface area contributed by atoms with E-state index in [1.807, 2.05) is 42.5 Å². The van der Waals surface area contributed by atoms with Crippen molar-refractivity contribution in [2.24, 2.45) is 0 Å². The summed E-state index contributed by atoms with van der Waals surface area (Å²) in [5.74, 6) is 1.64. The van der Waals surface area contributed by atoms with Crippen LogP contribution in [0.2, 0.25) is 0 Å². The number of ether oxygens (including phenoxy) is 2. The Hall–Kier alpha value is -2.11. The Kier molecular flexibility index (Phi) is 5.14. The summed E-state index contributed by atoms with van der Waals surface area (Å²) in [7, 11) is 0. The number of aromatic nitrogens is 1. The van der Waals surface area contributed by atoms with Gasteiger partial charge in [0.05, 0.1) is 10.2 Å². The first-order valence-electron chi connectivity index (χ1n) is 8.70. The highest BCUT2D eigenvalue weighted by atomic mass is 32.1. The molecule has 1 saturated heterocycles. The number of piperidine rings is 1. The van der Waals surface area contributed by atoms with Crippen molar-refractivity contribution in [1.29, 1.82) is 0 Å². The molecule has 129 valence electrons. The van der Waals surface area contributed by atoms with E-state index in [0.717, 1.165) is 34.8 Å². The third-order valence-corrected chi connectivity index (χ3v) is 5.15. The maximum atomic E-state index is 5.86. The zero-order valence-corrected chi connectivity index (χ0v) is 14.9. The van der Waals surface area contributed by atoms with Crippen molar-refractivity contribution in [3.05, 3.63) is 55.1 Å². The summed E-state index contributed by atoms with van der Waals surface area (Å²) >= 11 is 1.55. The highest BCUT2D eigenvalue weighted by Crippen LogP contribution is 2.31. The van der Waals surface area contributed by atoms with Crippen molar-refractivity contribution in [3.8, 4) is 16.7 Å². The fraction of sp³-hybridized carbons (Fsp3) is 0.300. The van der Waals surface area contributed by atoms with Crippen molar-refractivity contribution in [1.82, 2.24) is 9.88 Å². The van der Waals surface area contributed by atoms with Crippen LogP contribution in [0.4, 0.5) is 0 Å². The zero-order valence-electron chi connectivity index (χ0n) is 14.1. The van der Waals surface area contributed by atoms with Gasteiger partial charge in [-0.3, -0.25) is 4.90 Å². The summed E-state index contributed by atoms with van der Waals surface area (Å²) in [4.78, 5) is 6.84. The Balaban J connectivity index is 1.30. The summed E-state index contributed by atoms with van der Waals surface area (Å²) in [6, 6.07) is 15.8. The van der Waals surface area contributed by atoms with Gasteiger partial charge in [0.15, 0.2) is 0 Å². The molecule has 0 aliphatic carbocycles. The summed E-state index contributed by atoms with van der Waals surface area (Å²) < 4.78 is 12.8. The molecule has 1 radical (unpaired) electrons. The Labute approximate surface area is 152 Å². The Morgan fingerprint density at radius 3 is 2.64 bits per heavy atom. The topological polar surface area (TPSA) is 34.6 Å². The van der Waals surface area contributed by atoms with Crippen LogP contribution < -0.4 is 9.47 Å². The molecule has 1 aromatic heterocycles. The molecule has 0 atom stereocenters. The lowest BCUT2D eigenvalue weighted by Gasteiger charge is -2.25. The number of likely N-dealkylation sites (tertiary alicyclic amines) is 1. The molecule has 0 N–H and O–H groups in total. The predicted octanol–water partition coefficient (Wildman–Crippen LogP) is 5.12. The van der Waals surface area contributed by atoms with Crippen LogP contribution in [-0.2, 0) is 0 Å². The zero-order chi connectivity index (χ0) is 16.9. The smallest absolute Gasteiger partial charge is 0.279 e. The molecule has 0 saturated carbocycles. The number of thiazole rings is 1. The monoisotopic (exact) mass is 353 g/mol. The van der Waals surface area contributed by atoms with Gasteiger partial charge in [-0.05, 0) is 55.8 Å². The number of nitrogens with zero attached hydrogens (tertiary/aromatic N) is 2. The van der Waals surface area contributed by atoms with Crippen LogP contribution in [-0.4, -0.2) is 29.6 Å². The van der Waals surface area contributed by atoms with E-state index in [-0.39, 0.29) is 0 Å². The van der Waals surface area contributed by atoms with Crippen molar-refractivity contribution in [2.45, 2.75) is 19.3 Å². The highest BCUT2D eigenvalue weighted by molar-refractivity contribution is 7.20. The van der Waals surface area contributed by atoms with E-state index in [9.17, 15) is 0 Å². The van der Waals surface area contributed by atoms with Crippen LogP contribution in [0.15, 0.2) is 48.5 Å². The summed E-state index contributed by atoms with van der Waals surface area (Å²) in [5, 5.41) is 0.663. The number of hydrogen-bond acceptors (Lipinski definition) is 5. The third kappa shape index (κ3) is 4.30. The fourth-order valence-corrected chi connectivity index (χ4v) is 3.74. The van der Waals surface area contributed by atoms with Gasteiger partial charge < -0.3 is 9.47 Å². The molecule has 1 aliphatic rings. The molecule has 0 spiro atoms. The number of para-hydroxylation sites is 1. The molecule has 4 nitrogen and oxygen atoms in total. The fourth-order valence-electron chi connectivity index (χ4n) is 2.91. The molecule has 25 heavy (non-hydrogen) atoms. The van der Waals surface area contributed by atoms with Gasteiger partial charge >= 0.3 is 0 Å². The number of benzene rings is 2.